The second kappa shape index (κ2) is 6.77. The number of aliphatic hydroxyl groups is 1. The number of rotatable bonds is 7. The maximum Gasteiger partial charge on any atom is 0.0540 e. The molecule has 0 fully saturated rings. The van der Waals surface area contributed by atoms with Crippen molar-refractivity contribution in [1.29, 1.82) is 0 Å². The Morgan fingerprint density at radius 3 is 2.35 bits per heavy atom. The lowest BCUT2D eigenvalue weighted by atomic mass is 9.76. The van der Waals surface area contributed by atoms with Crippen molar-refractivity contribution in [2.45, 2.75) is 38.5 Å². The van der Waals surface area contributed by atoms with Crippen molar-refractivity contribution in [2.24, 2.45) is 11.7 Å². The zero-order valence-electron chi connectivity index (χ0n) is 11.0. The Morgan fingerprint density at radius 2 is 1.88 bits per heavy atom. The molecule has 0 spiro atoms. The normalized spacial score (nSPS) is 14.9. The van der Waals surface area contributed by atoms with Crippen LogP contribution in [0.4, 0.5) is 0 Å². The predicted molar refractivity (Wildman–Crippen MR) is 72.9 cm³/mol. The summed E-state index contributed by atoms with van der Waals surface area (Å²) in [6.07, 6.45) is 3.26. The molecule has 0 aromatic heterocycles. The lowest BCUT2D eigenvalue weighted by Gasteiger charge is -2.31. The number of benzene rings is 1. The van der Waals surface area contributed by atoms with Gasteiger partial charge in [0.2, 0.25) is 0 Å². The van der Waals surface area contributed by atoms with Crippen LogP contribution in [-0.2, 0) is 5.41 Å². The van der Waals surface area contributed by atoms with E-state index in [1.54, 1.807) is 0 Å². The van der Waals surface area contributed by atoms with Gasteiger partial charge in [-0.2, -0.15) is 0 Å². The van der Waals surface area contributed by atoms with Crippen LogP contribution in [-0.4, -0.2) is 18.3 Å². The molecular weight excluding hydrogens is 210 g/mol. The minimum absolute atomic E-state index is 0.131. The molecule has 1 aromatic carbocycles. The van der Waals surface area contributed by atoms with E-state index in [4.69, 9.17) is 5.73 Å². The third-order valence-corrected chi connectivity index (χ3v) is 3.52. The standard InChI is InChI=1S/C15H25NO/c1-13(2)7-6-10-15(11-16,12-17)14-8-4-3-5-9-14/h3-5,8-9,13,17H,6-7,10-12,16H2,1-2H3. The monoisotopic (exact) mass is 235 g/mol. The van der Waals surface area contributed by atoms with Crippen molar-refractivity contribution in [2.75, 3.05) is 13.2 Å². The van der Waals surface area contributed by atoms with Crippen molar-refractivity contribution in [3.8, 4) is 0 Å². The minimum Gasteiger partial charge on any atom is -0.395 e. The maximum atomic E-state index is 9.72. The molecule has 1 atom stereocenters. The van der Waals surface area contributed by atoms with E-state index in [9.17, 15) is 5.11 Å². The van der Waals surface area contributed by atoms with Crippen LogP contribution in [0.3, 0.4) is 0 Å². The van der Waals surface area contributed by atoms with Crippen LogP contribution in [0.2, 0.25) is 0 Å². The van der Waals surface area contributed by atoms with Gasteiger partial charge >= 0.3 is 0 Å². The summed E-state index contributed by atoms with van der Waals surface area (Å²) in [5.41, 5.74) is 6.81. The van der Waals surface area contributed by atoms with E-state index < -0.39 is 0 Å². The first-order valence-corrected chi connectivity index (χ1v) is 6.51. The Kier molecular flexibility index (Phi) is 5.66. The fraction of sp³-hybridized carbons (Fsp3) is 0.600. The Balaban J connectivity index is 2.75. The molecule has 17 heavy (non-hydrogen) atoms. The third-order valence-electron chi connectivity index (χ3n) is 3.52. The van der Waals surface area contributed by atoms with Crippen LogP contribution in [0, 0.1) is 5.92 Å². The third kappa shape index (κ3) is 3.83. The van der Waals surface area contributed by atoms with Gasteiger partial charge in [-0.15, -0.1) is 0 Å². The number of nitrogens with two attached hydrogens (primary N) is 1. The molecule has 3 N–H and O–H groups in total. The summed E-state index contributed by atoms with van der Waals surface area (Å²) >= 11 is 0. The minimum atomic E-state index is -0.254. The Morgan fingerprint density at radius 1 is 1.24 bits per heavy atom. The van der Waals surface area contributed by atoms with E-state index in [-0.39, 0.29) is 12.0 Å². The molecular formula is C15H25NO. The van der Waals surface area contributed by atoms with Crippen molar-refractivity contribution in [3.63, 3.8) is 0 Å². The first kappa shape index (κ1) is 14.2. The Labute approximate surface area is 105 Å². The van der Waals surface area contributed by atoms with Gasteiger partial charge in [0.05, 0.1) is 6.61 Å². The van der Waals surface area contributed by atoms with Crippen LogP contribution in [0.1, 0.15) is 38.7 Å². The highest BCUT2D eigenvalue weighted by Gasteiger charge is 2.29. The molecule has 0 aliphatic rings. The topological polar surface area (TPSA) is 46.2 Å². The summed E-state index contributed by atoms with van der Waals surface area (Å²) in [4.78, 5) is 0. The Bertz CT molecular complexity index is 304. The van der Waals surface area contributed by atoms with Gasteiger partial charge in [0.1, 0.15) is 0 Å². The van der Waals surface area contributed by atoms with Gasteiger partial charge in [0, 0.05) is 12.0 Å². The highest BCUT2D eigenvalue weighted by atomic mass is 16.3. The second-order valence-electron chi connectivity index (χ2n) is 5.29. The average Bonchev–Trinajstić information content (AvgIpc) is 2.36. The summed E-state index contributed by atoms with van der Waals surface area (Å²) in [6, 6.07) is 10.2. The lowest BCUT2D eigenvalue weighted by molar-refractivity contribution is 0.183. The first-order valence-electron chi connectivity index (χ1n) is 6.51. The van der Waals surface area contributed by atoms with Crippen LogP contribution < -0.4 is 5.73 Å². The molecule has 2 nitrogen and oxygen atoms in total. The summed E-state index contributed by atoms with van der Waals surface area (Å²) < 4.78 is 0. The molecule has 0 heterocycles. The fourth-order valence-electron chi connectivity index (χ4n) is 2.24. The maximum absolute atomic E-state index is 9.72. The molecule has 0 bridgehead atoms. The molecule has 0 aliphatic heterocycles. The van der Waals surface area contributed by atoms with Gasteiger partial charge in [-0.25, -0.2) is 0 Å². The van der Waals surface area contributed by atoms with Crippen molar-refractivity contribution < 1.29 is 5.11 Å². The average molecular weight is 235 g/mol. The SMILES string of the molecule is CC(C)CCCC(CN)(CO)c1ccccc1. The quantitative estimate of drug-likeness (QED) is 0.763. The highest BCUT2D eigenvalue weighted by Crippen LogP contribution is 2.29. The van der Waals surface area contributed by atoms with E-state index in [2.05, 4.69) is 26.0 Å². The van der Waals surface area contributed by atoms with Crippen LogP contribution in [0.15, 0.2) is 30.3 Å². The summed E-state index contributed by atoms with van der Waals surface area (Å²) in [5, 5.41) is 9.72. The lowest BCUT2D eigenvalue weighted by Crippen LogP contribution is -2.38. The van der Waals surface area contributed by atoms with E-state index in [0.717, 1.165) is 18.4 Å². The molecule has 0 radical (unpaired) electrons. The van der Waals surface area contributed by atoms with E-state index in [1.165, 1.54) is 6.42 Å². The summed E-state index contributed by atoms with van der Waals surface area (Å²) in [7, 11) is 0. The molecule has 0 amide bonds. The molecule has 1 rings (SSSR count). The van der Waals surface area contributed by atoms with Crippen molar-refractivity contribution >= 4 is 0 Å². The van der Waals surface area contributed by atoms with Gasteiger partial charge in [-0.05, 0) is 17.9 Å². The molecule has 0 saturated carbocycles. The van der Waals surface area contributed by atoms with Crippen molar-refractivity contribution in [3.05, 3.63) is 35.9 Å². The summed E-state index contributed by atoms with van der Waals surface area (Å²) in [5.74, 6) is 0.708. The number of hydrogen-bond acceptors (Lipinski definition) is 2. The summed E-state index contributed by atoms with van der Waals surface area (Å²) in [6.45, 7) is 5.09. The first-order chi connectivity index (χ1) is 8.14. The zero-order chi connectivity index (χ0) is 12.7. The Hall–Kier alpha value is -0.860. The van der Waals surface area contributed by atoms with E-state index in [1.807, 2.05) is 18.2 Å². The van der Waals surface area contributed by atoms with Crippen LogP contribution in [0.5, 0.6) is 0 Å². The second-order valence-corrected chi connectivity index (χ2v) is 5.29. The van der Waals surface area contributed by atoms with Crippen LogP contribution >= 0.6 is 0 Å². The predicted octanol–water partition coefficient (Wildman–Crippen LogP) is 2.70. The number of aliphatic hydroxyl groups excluding tert-OH is 1. The molecule has 96 valence electrons. The smallest absolute Gasteiger partial charge is 0.0540 e. The molecule has 0 aliphatic carbocycles. The van der Waals surface area contributed by atoms with Gasteiger partial charge in [-0.1, -0.05) is 57.0 Å². The van der Waals surface area contributed by atoms with E-state index >= 15 is 0 Å². The largest absolute Gasteiger partial charge is 0.395 e. The molecule has 0 saturated heterocycles. The molecule has 2 heteroatoms. The number of hydrogen-bond donors (Lipinski definition) is 2. The van der Waals surface area contributed by atoms with Crippen LogP contribution in [0.25, 0.3) is 0 Å². The van der Waals surface area contributed by atoms with Gasteiger partial charge in [-0.3, -0.25) is 0 Å². The zero-order valence-corrected chi connectivity index (χ0v) is 11.0. The van der Waals surface area contributed by atoms with Gasteiger partial charge in [0.15, 0.2) is 0 Å². The fourth-order valence-corrected chi connectivity index (χ4v) is 2.24. The van der Waals surface area contributed by atoms with E-state index in [0.29, 0.717) is 12.5 Å². The van der Waals surface area contributed by atoms with Gasteiger partial charge < -0.3 is 10.8 Å². The van der Waals surface area contributed by atoms with Crippen molar-refractivity contribution in [1.82, 2.24) is 0 Å². The van der Waals surface area contributed by atoms with Gasteiger partial charge in [0.25, 0.3) is 0 Å². The molecule has 1 aromatic rings. The highest BCUT2D eigenvalue weighted by molar-refractivity contribution is 5.26. The molecule has 1 unspecified atom stereocenters.